The van der Waals surface area contributed by atoms with E-state index in [0.717, 1.165) is 21.5 Å². The average Bonchev–Trinajstić information content (AvgIpc) is 2.92. The Morgan fingerprint density at radius 2 is 0.889 bits per heavy atom. The largest absolute Gasteiger partial charge is 0.310 e. The summed E-state index contributed by atoms with van der Waals surface area (Å²) in [4.78, 5) is 2.37. The van der Waals surface area contributed by atoms with Crippen LogP contribution in [0.25, 0.3) is 32.7 Å². The number of hydrogen-bond donors (Lipinski definition) is 0. The molecule has 0 saturated heterocycles. The summed E-state index contributed by atoms with van der Waals surface area (Å²) in [6.45, 7) is 4.27. The van der Waals surface area contributed by atoms with Crippen molar-refractivity contribution in [3.8, 4) is 11.1 Å². The van der Waals surface area contributed by atoms with E-state index >= 15 is 0 Å². The molecule has 0 saturated carbocycles. The van der Waals surface area contributed by atoms with Gasteiger partial charge in [-0.25, -0.2) is 0 Å². The summed E-state index contributed by atoms with van der Waals surface area (Å²) >= 11 is 3.91. The molecule has 6 aromatic rings. The molecule has 0 fully saturated rings. The molecule has 0 amide bonds. The standard InChI is InChI=1S/C34H26BrN/c1-23-15-19-25(20-16-23)36(26-21-17-24(2)18-22-26)32-14-8-7-13-31(32)33-27-9-3-5-11-29(27)34(35)30-12-6-4-10-28(30)33/h3-22H,1-2H3. The molecule has 1 nitrogen and oxygen atoms in total. The van der Waals surface area contributed by atoms with Crippen LogP contribution < -0.4 is 4.90 Å². The second-order valence-corrected chi connectivity index (χ2v) is 10.1. The van der Waals surface area contributed by atoms with Crippen LogP contribution in [0.5, 0.6) is 0 Å². The summed E-state index contributed by atoms with van der Waals surface area (Å²) in [5.41, 5.74) is 8.40. The number of rotatable bonds is 4. The first kappa shape index (κ1) is 22.6. The van der Waals surface area contributed by atoms with E-state index in [4.69, 9.17) is 0 Å². The minimum absolute atomic E-state index is 1.14. The second kappa shape index (κ2) is 9.29. The quantitative estimate of drug-likeness (QED) is 0.206. The highest BCUT2D eigenvalue weighted by Gasteiger charge is 2.20. The van der Waals surface area contributed by atoms with Gasteiger partial charge in [0.1, 0.15) is 0 Å². The van der Waals surface area contributed by atoms with Gasteiger partial charge in [-0.05, 0) is 87.2 Å². The number of aryl methyl sites for hydroxylation is 2. The summed E-state index contributed by atoms with van der Waals surface area (Å²) in [5.74, 6) is 0. The van der Waals surface area contributed by atoms with Crippen LogP contribution in [-0.4, -0.2) is 0 Å². The molecule has 0 aliphatic rings. The fraction of sp³-hybridized carbons (Fsp3) is 0.0588. The molecule has 0 bridgehead atoms. The van der Waals surface area contributed by atoms with E-state index in [1.807, 2.05) is 0 Å². The maximum Gasteiger partial charge on any atom is 0.0540 e. The van der Waals surface area contributed by atoms with Gasteiger partial charge in [-0.1, -0.05) is 102 Å². The van der Waals surface area contributed by atoms with Gasteiger partial charge in [0, 0.05) is 21.4 Å². The first-order chi connectivity index (χ1) is 17.6. The third kappa shape index (κ3) is 3.88. The van der Waals surface area contributed by atoms with E-state index in [1.54, 1.807) is 0 Å². The topological polar surface area (TPSA) is 3.24 Å². The van der Waals surface area contributed by atoms with Crippen molar-refractivity contribution in [2.45, 2.75) is 13.8 Å². The van der Waals surface area contributed by atoms with E-state index in [0.29, 0.717) is 0 Å². The Balaban J connectivity index is 1.70. The van der Waals surface area contributed by atoms with Crippen molar-refractivity contribution in [2.75, 3.05) is 4.90 Å². The van der Waals surface area contributed by atoms with Crippen LogP contribution in [0.3, 0.4) is 0 Å². The molecule has 6 rings (SSSR count). The molecule has 6 aromatic carbocycles. The van der Waals surface area contributed by atoms with Crippen molar-refractivity contribution in [1.29, 1.82) is 0 Å². The fourth-order valence-electron chi connectivity index (χ4n) is 5.06. The van der Waals surface area contributed by atoms with Crippen LogP contribution in [0.4, 0.5) is 17.1 Å². The van der Waals surface area contributed by atoms with Crippen molar-refractivity contribution in [3.63, 3.8) is 0 Å². The molecule has 174 valence electrons. The summed E-state index contributed by atoms with van der Waals surface area (Å²) in [7, 11) is 0. The molecule has 0 atom stereocenters. The Labute approximate surface area is 220 Å². The number of nitrogens with zero attached hydrogens (tertiary/aromatic N) is 1. The molecular weight excluding hydrogens is 502 g/mol. The lowest BCUT2D eigenvalue weighted by atomic mass is 9.90. The number of fused-ring (bicyclic) bond motifs is 2. The molecule has 0 spiro atoms. The average molecular weight is 528 g/mol. The molecule has 2 heteroatoms. The molecule has 36 heavy (non-hydrogen) atoms. The predicted molar refractivity (Wildman–Crippen MR) is 159 cm³/mol. The molecule has 0 aliphatic heterocycles. The molecule has 0 N–H and O–H groups in total. The maximum absolute atomic E-state index is 3.91. The maximum atomic E-state index is 3.91. The van der Waals surface area contributed by atoms with Crippen LogP contribution in [0.1, 0.15) is 11.1 Å². The van der Waals surface area contributed by atoms with Crippen LogP contribution >= 0.6 is 15.9 Å². The highest BCUT2D eigenvalue weighted by atomic mass is 79.9. The zero-order chi connectivity index (χ0) is 24.6. The van der Waals surface area contributed by atoms with Gasteiger partial charge in [0.15, 0.2) is 0 Å². The van der Waals surface area contributed by atoms with Crippen molar-refractivity contribution in [3.05, 3.63) is 137 Å². The summed E-state index contributed by atoms with van der Waals surface area (Å²) < 4.78 is 1.14. The first-order valence-electron chi connectivity index (χ1n) is 12.2. The summed E-state index contributed by atoms with van der Waals surface area (Å²) in [6, 6.07) is 43.7. The fourth-order valence-corrected chi connectivity index (χ4v) is 5.75. The van der Waals surface area contributed by atoms with E-state index in [9.17, 15) is 0 Å². The van der Waals surface area contributed by atoms with Crippen LogP contribution in [0.15, 0.2) is 126 Å². The Morgan fingerprint density at radius 1 is 0.472 bits per heavy atom. The van der Waals surface area contributed by atoms with Crippen molar-refractivity contribution < 1.29 is 0 Å². The minimum atomic E-state index is 1.14. The van der Waals surface area contributed by atoms with E-state index in [2.05, 4.69) is 156 Å². The van der Waals surface area contributed by atoms with Gasteiger partial charge in [0.05, 0.1) is 5.69 Å². The van der Waals surface area contributed by atoms with E-state index in [-0.39, 0.29) is 0 Å². The SMILES string of the molecule is Cc1ccc(N(c2ccc(C)cc2)c2ccccc2-c2c3ccccc3c(Br)c3ccccc23)cc1. The molecular formula is C34H26BrN. The van der Waals surface area contributed by atoms with Crippen molar-refractivity contribution in [2.24, 2.45) is 0 Å². The normalized spacial score (nSPS) is 11.2. The highest BCUT2D eigenvalue weighted by molar-refractivity contribution is 9.10. The van der Waals surface area contributed by atoms with Crippen LogP contribution in [0, 0.1) is 13.8 Å². The molecule has 0 unspecified atom stereocenters. The third-order valence-electron chi connectivity index (χ3n) is 6.86. The lowest BCUT2D eigenvalue weighted by Gasteiger charge is -2.29. The lowest BCUT2D eigenvalue weighted by Crippen LogP contribution is -2.11. The van der Waals surface area contributed by atoms with Crippen molar-refractivity contribution in [1.82, 2.24) is 0 Å². The van der Waals surface area contributed by atoms with Gasteiger partial charge in [0.25, 0.3) is 0 Å². The zero-order valence-electron chi connectivity index (χ0n) is 20.4. The van der Waals surface area contributed by atoms with Gasteiger partial charge < -0.3 is 4.90 Å². The molecule has 0 aliphatic carbocycles. The Hall–Kier alpha value is -3.88. The Bertz CT molecular complexity index is 1600. The Morgan fingerprint density at radius 3 is 1.39 bits per heavy atom. The number of benzene rings is 6. The second-order valence-electron chi connectivity index (χ2n) is 9.30. The zero-order valence-corrected chi connectivity index (χ0v) is 22.0. The summed E-state index contributed by atoms with van der Waals surface area (Å²) in [6.07, 6.45) is 0. The van der Waals surface area contributed by atoms with Crippen LogP contribution in [0.2, 0.25) is 0 Å². The third-order valence-corrected chi connectivity index (χ3v) is 7.72. The van der Waals surface area contributed by atoms with Crippen molar-refractivity contribution >= 4 is 54.5 Å². The van der Waals surface area contributed by atoms with Gasteiger partial charge in [-0.3, -0.25) is 0 Å². The lowest BCUT2D eigenvalue weighted by molar-refractivity contribution is 1.27. The minimum Gasteiger partial charge on any atom is -0.310 e. The predicted octanol–water partition coefficient (Wildman–Crippen LogP) is 10.5. The van der Waals surface area contributed by atoms with Gasteiger partial charge in [-0.2, -0.15) is 0 Å². The van der Waals surface area contributed by atoms with Gasteiger partial charge in [-0.15, -0.1) is 0 Å². The van der Waals surface area contributed by atoms with Gasteiger partial charge in [0.2, 0.25) is 0 Å². The van der Waals surface area contributed by atoms with E-state index in [1.165, 1.54) is 43.8 Å². The first-order valence-corrected chi connectivity index (χ1v) is 13.0. The number of anilines is 3. The number of halogens is 1. The number of para-hydroxylation sites is 1. The smallest absolute Gasteiger partial charge is 0.0540 e. The Kier molecular flexibility index (Phi) is 5.83. The van der Waals surface area contributed by atoms with E-state index < -0.39 is 0 Å². The molecule has 0 heterocycles. The highest BCUT2D eigenvalue weighted by Crippen LogP contribution is 2.47. The number of hydrogen-bond acceptors (Lipinski definition) is 1. The van der Waals surface area contributed by atoms with Gasteiger partial charge >= 0.3 is 0 Å². The van der Waals surface area contributed by atoms with Crippen LogP contribution in [-0.2, 0) is 0 Å². The monoisotopic (exact) mass is 527 g/mol. The molecule has 0 aromatic heterocycles. The molecule has 0 radical (unpaired) electrons. The summed E-state index contributed by atoms with van der Waals surface area (Å²) in [5, 5.41) is 4.92.